The summed E-state index contributed by atoms with van der Waals surface area (Å²) in [5, 5.41) is 7.21. The molecule has 0 spiro atoms. The zero-order chi connectivity index (χ0) is 13.5. The topological polar surface area (TPSA) is 50.7 Å². The van der Waals surface area contributed by atoms with Crippen LogP contribution in [0.1, 0.15) is 12.5 Å². The van der Waals surface area contributed by atoms with E-state index in [1.807, 2.05) is 18.2 Å². The number of aryl methyl sites for hydroxylation is 1. The van der Waals surface area contributed by atoms with Crippen molar-refractivity contribution < 1.29 is 0 Å². The Bertz CT molecular complexity index is 634. The molecular formula is C14H15N3OS. The van der Waals surface area contributed by atoms with Crippen LogP contribution in [-0.2, 0) is 13.0 Å². The molecule has 1 heterocycles. The Labute approximate surface area is 116 Å². The van der Waals surface area contributed by atoms with Gasteiger partial charge in [-0.3, -0.25) is 4.57 Å². The van der Waals surface area contributed by atoms with Crippen LogP contribution in [0.25, 0.3) is 0 Å². The number of nitrogens with one attached hydrogen (secondary N) is 1. The van der Waals surface area contributed by atoms with Crippen LogP contribution in [0.2, 0.25) is 0 Å². The molecule has 19 heavy (non-hydrogen) atoms. The lowest BCUT2D eigenvalue weighted by Gasteiger charge is -2.04. The summed E-state index contributed by atoms with van der Waals surface area (Å²) in [7, 11) is 0. The molecule has 4 nitrogen and oxygen atoms in total. The first-order chi connectivity index (χ1) is 9.31. The van der Waals surface area contributed by atoms with Crippen LogP contribution in [0.3, 0.4) is 0 Å². The second-order valence-electron chi connectivity index (χ2n) is 3.91. The van der Waals surface area contributed by atoms with Gasteiger partial charge >= 0.3 is 5.69 Å². The lowest BCUT2D eigenvalue weighted by atomic mass is 10.1. The van der Waals surface area contributed by atoms with Crippen LogP contribution in [0.4, 0.5) is 0 Å². The smallest absolute Gasteiger partial charge is 0.270 e. The van der Waals surface area contributed by atoms with Gasteiger partial charge in [0.15, 0.2) is 5.16 Å². The fraction of sp³-hybridized carbons (Fsp3) is 0.286. The van der Waals surface area contributed by atoms with Crippen molar-refractivity contribution in [1.29, 1.82) is 0 Å². The molecule has 98 valence electrons. The molecular weight excluding hydrogens is 258 g/mol. The minimum Gasteiger partial charge on any atom is -0.270 e. The molecule has 0 atom stereocenters. The molecule has 0 bridgehead atoms. The zero-order valence-corrected chi connectivity index (χ0v) is 11.5. The van der Waals surface area contributed by atoms with Gasteiger partial charge in [-0.2, -0.15) is 0 Å². The number of hydrogen-bond acceptors (Lipinski definition) is 3. The third kappa shape index (κ3) is 3.76. The highest BCUT2D eigenvalue weighted by molar-refractivity contribution is 7.99. The first-order valence-corrected chi connectivity index (χ1v) is 7.01. The molecule has 0 saturated heterocycles. The van der Waals surface area contributed by atoms with Crippen LogP contribution in [0, 0.1) is 11.8 Å². The van der Waals surface area contributed by atoms with E-state index in [-0.39, 0.29) is 5.69 Å². The Kier molecular flexibility index (Phi) is 4.87. The second kappa shape index (κ2) is 6.86. The first-order valence-electron chi connectivity index (χ1n) is 6.03. The van der Waals surface area contributed by atoms with Gasteiger partial charge in [-0.05, 0) is 18.9 Å². The van der Waals surface area contributed by atoms with Crippen LogP contribution in [-0.4, -0.2) is 20.5 Å². The number of hydrogen-bond donors (Lipinski definition) is 1. The lowest BCUT2D eigenvalue weighted by Crippen LogP contribution is -2.18. The Morgan fingerprint density at radius 2 is 2.16 bits per heavy atom. The van der Waals surface area contributed by atoms with Gasteiger partial charge in [0, 0.05) is 6.54 Å². The SMILES string of the molecule is CC#CCSc1n[nH]c(=O)n1CCc1ccccc1. The number of nitrogens with zero attached hydrogens (tertiary/aromatic N) is 2. The summed E-state index contributed by atoms with van der Waals surface area (Å²) < 4.78 is 1.66. The largest absolute Gasteiger partial charge is 0.343 e. The van der Waals surface area contributed by atoms with Gasteiger partial charge in [0.05, 0.1) is 5.75 Å². The third-order valence-electron chi connectivity index (χ3n) is 2.64. The molecule has 1 aromatic heterocycles. The Hall–Kier alpha value is -1.93. The molecule has 0 aliphatic rings. The number of rotatable bonds is 5. The van der Waals surface area contributed by atoms with E-state index in [0.717, 1.165) is 6.42 Å². The van der Waals surface area contributed by atoms with E-state index in [2.05, 4.69) is 34.2 Å². The standard InChI is InChI=1S/C14H15N3OS/c1-2-3-11-19-14-16-15-13(18)17(14)10-9-12-7-5-4-6-8-12/h4-8H,9-11H2,1H3,(H,15,18). The molecule has 0 aliphatic heterocycles. The van der Waals surface area contributed by atoms with Gasteiger partial charge in [-0.15, -0.1) is 11.0 Å². The van der Waals surface area contributed by atoms with Crippen molar-refractivity contribution in [2.75, 3.05) is 5.75 Å². The summed E-state index contributed by atoms with van der Waals surface area (Å²) in [5.41, 5.74) is 1.04. The zero-order valence-electron chi connectivity index (χ0n) is 10.7. The van der Waals surface area contributed by atoms with Crippen molar-refractivity contribution in [2.45, 2.75) is 25.0 Å². The summed E-state index contributed by atoms with van der Waals surface area (Å²) in [6.07, 6.45) is 0.813. The Balaban J connectivity index is 2.04. The highest BCUT2D eigenvalue weighted by Gasteiger charge is 2.07. The molecule has 1 N–H and O–H groups in total. The van der Waals surface area contributed by atoms with Crippen molar-refractivity contribution in [3.05, 3.63) is 46.4 Å². The number of aromatic nitrogens is 3. The van der Waals surface area contributed by atoms with E-state index < -0.39 is 0 Å². The second-order valence-corrected chi connectivity index (χ2v) is 4.86. The van der Waals surface area contributed by atoms with Crippen molar-refractivity contribution in [3.63, 3.8) is 0 Å². The van der Waals surface area contributed by atoms with Crippen molar-refractivity contribution in [1.82, 2.24) is 14.8 Å². The molecule has 0 radical (unpaired) electrons. The molecule has 0 aliphatic carbocycles. The average Bonchev–Trinajstić information content (AvgIpc) is 2.79. The molecule has 0 unspecified atom stereocenters. The molecule has 0 fully saturated rings. The van der Waals surface area contributed by atoms with Gasteiger partial charge in [0.25, 0.3) is 0 Å². The van der Waals surface area contributed by atoms with E-state index >= 15 is 0 Å². The fourth-order valence-electron chi connectivity index (χ4n) is 1.67. The summed E-state index contributed by atoms with van der Waals surface area (Å²) in [6.45, 7) is 2.43. The van der Waals surface area contributed by atoms with E-state index in [9.17, 15) is 4.79 Å². The van der Waals surface area contributed by atoms with Gasteiger partial charge in [-0.1, -0.05) is 48.0 Å². The van der Waals surface area contributed by atoms with Crippen molar-refractivity contribution in [2.24, 2.45) is 0 Å². The number of aromatic amines is 1. The molecule has 0 saturated carbocycles. The van der Waals surface area contributed by atoms with Crippen molar-refractivity contribution >= 4 is 11.8 Å². The normalized spacial score (nSPS) is 9.95. The summed E-state index contributed by atoms with van der Waals surface area (Å²) >= 11 is 1.47. The third-order valence-corrected chi connectivity index (χ3v) is 3.50. The highest BCUT2D eigenvalue weighted by atomic mass is 32.2. The predicted molar refractivity (Wildman–Crippen MR) is 77.2 cm³/mol. The van der Waals surface area contributed by atoms with E-state index in [0.29, 0.717) is 17.5 Å². The van der Waals surface area contributed by atoms with Gasteiger partial charge in [0.1, 0.15) is 0 Å². The van der Waals surface area contributed by atoms with Crippen LogP contribution in [0.15, 0.2) is 40.3 Å². The van der Waals surface area contributed by atoms with E-state index in [1.165, 1.54) is 17.3 Å². The Morgan fingerprint density at radius 1 is 1.37 bits per heavy atom. The van der Waals surface area contributed by atoms with Gasteiger partial charge in [0.2, 0.25) is 0 Å². The van der Waals surface area contributed by atoms with Crippen LogP contribution >= 0.6 is 11.8 Å². The molecule has 2 rings (SSSR count). The van der Waals surface area contributed by atoms with E-state index in [1.54, 1.807) is 11.5 Å². The fourth-order valence-corrected chi connectivity index (χ4v) is 2.45. The van der Waals surface area contributed by atoms with Crippen LogP contribution < -0.4 is 5.69 Å². The average molecular weight is 273 g/mol. The molecule has 2 aromatic rings. The predicted octanol–water partition coefficient (Wildman–Crippen LogP) is 1.93. The molecule has 0 amide bonds. The minimum absolute atomic E-state index is 0.164. The van der Waals surface area contributed by atoms with E-state index in [4.69, 9.17) is 0 Å². The first kappa shape index (κ1) is 13.5. The molecule has 5 heteroatoms. The maximum absolute atomic E-state index is 11.7. The quantitative estimate of drug-likeness (QED) is 0.669. The maximum atomic E-state index is 11.7. The number of thioether (sulfide) groups is 1. The number of H-pyrrole nitrogens is 1. The summed E-state index contributed by atoms with van der Waals surface area (Å²) in [6, 6.07) is 10.1. The minimum atomic E-state index is -0.164. The van der Waals surface area contributed by atoms with Gasteiger partial charge in [-0.25, -0.2) is 9.89 Å². The summed E-state index contributed by atoms with van der Waals surface area (Å²) in [5.74, 6) is 6.42. The van der Waals surface area contributed by atoms with Crippen LogP contribution in [0.5, 0.6) is 0 Å². The lowest BCUT2D eigenvalue weighted by molar-refractivity contribution is 0.616. The highest BCUT2D eigenvalue weighted by Crippen LogP contribution is 2.12. The number of benzene rings is 1. The summed E-state index contributed by atoms with van der Waals surface area (Å²) in [4.78, 5) is 11.7. The van der Waals surface area contributed by atoms with Crippen molar-refractivity contribution in [3.8, 4) is 11.8 Å². The molecule has 1 aromatic carbocycles. The Morgan fingerprint density at radius 3 is 2.89 bits per heavy atom. The van der Waals surface area contributed by atoms with Gasteiger partial charge < -0.3 is 0 Å². The monoisotopic (exact) mass is 273 g/mol. The maximum Gasteiger partial charge on any atom is 0.343 e.